The third-order valence-corrected chi connectivity index (χ3v) is 2.25. The second-order valence-electron chi connectivity index (χ2n) is 6.17. The first-order valence-electron chi connectivity index (χ1n) is 5.66. The molecular formula is C11H23N5. The fourth-order valence-electron chi connectivity index (χ4n) is 2.10. The van der Waals surface area contributed by atoms with Crippen LogP contribution in [0.2, 0.25) is 0 Å². The van der Waals surface area contributed by atoms with Crippen LogP contribution in [0.15, 0.2) is 0 Å². The molecule has 92 valence electrons. The van der Waals surface area contributed by atoms with Crippen molar-refractivity contribution in [2.24, 2.45) is 12.5 Å². The van der Waals surface area contributed by atoms with Crippen molar-refractivity contribution in [3.05, 3.63) is 5.82 Å². The Hall–Kier alpha value is -0.970. The second kappa shape index (κ2) is 4.49. The van der Waals surface area contributed by atoms with Crippen molar-refractivity contribution in [2.75, 3.05) is 0 Å². The van der Waals surface area contributed by atoms with Gasteiger partial charge in [-0.15, -0.1) is 10.2 Å². The van der Waals surface area contributed by atoms with Crippen LogP contribution < -0.4 is 5.32 Å². The van der Waals surface area contributed by atoms with E-state index in [0.717, 1.165) is 12.2 Å². The van der Waals surface area contributed by atoms with Crippen LogP contribution in [-0.2, 0) is 13.6 Å². The van der Waals surface area contributed by atoms with Gasteiger partial charge < -0.3 is 5.32 Å². The van der Waals surface area contributed by atoms with Gasteiger partial charge in [-0.1, -0.05) is 20.8 Å². The minimum Gasteiger partial charge on any atom is -0.305 e. The molecular weight excluding hydrogens is 202 g/mol. The molecule has 0 radical (unpaired) electrons. The van der Waals surface area contributed by atoms with Crippen molar-refractivity contribution in [2.45, 2.75) is 53.1 Å². The number of aromatic nitrogens is 4. The number of nitrogens with one attached hydrogen (secondary N) is 1. The molecule has 0 aliphatic carbocycles. The Morgan fingerprint density at radius 1 is 1.19 bits per heavy atom. The minimum atomic E-state index is 0.0808. The molecule has 0 amide bonds. The number of rotatable bonds is 4. The van der Waals surface area contributed by atoms with Crippen molar-refractivity contribution in [3.8, 4) is 0 Å². The Bertz CT molecular complexity index is 334. The van der Waals surface area contributed by atoms with E-state index in [1.54, 1.807) is 7.05 Å². The molecule has 0 fully saturated rings. The van der Waals surface area contributed by atoms with Crippen molar-refractivity contribution >= 4 is 0 Å². The summed E-state index contributed by atoms with van der Waals surface area (Å²) in [6.07, 6.45) is 1.10. The Morgan fingerprint density at radius 3 is 2.25 bits per heavy atom. The lowest BCUT2D eigenvalue weighted by Gasteiger charge is -2.33. The van der Waals surface area contributed by atoms with E-state index in [9.17, 15) is 0 Å². The standard InChI is InChI=1S/C11H23N5/c1-10(2,3)8-11(4,5)12-7-9-13-15-16(6)14-9/h12H,7-8H2,1-6H3. The van der Waals surface area contributed by atoms with Gasteiger partial charge in [0, 0.05) is 5.54 Å². The molecule has 16 heavy (non-hydrogen) atoms. The Balaban J connectivity index is 2.47. The summed E-state index contributed by atoms with van der Waals surface area (Å²) in [6, 6.07) is 0. The zero-order chi connectivity index (χ0) is 12.4. The highest BCUT2D eigenvalue weighted by molar-refractivity contribution is 4.86. The van der Waals surface area contributed by atoms with Gasteiger partial charge in [-0.3, -0.25) is 0 Å². The van der Waals surface area contributed by atoms with Gasteiger partial charge in [0.15, 0.2) is 5.82 Å². The molecule has 0 aliphatic heterocycles. The van der Waals surface area contributed by atoms with Crippen LogP contribution in [0.25, 0.3) is 0 Å². The molecule has 0 unspecified atom stereocenters. The maximum absolute atomic E-state index is 4.14. The highest BCUT2D eigenvalue weighted by Gasteiger charge is 2.25. The van der Waals surface area contributed by atoms with E-state index < -0.39 is 0 Å². The summed E-state index contributed by atoms with van der Waals surface area (Å²) in [6.45, 7) is 11.8. The largest absolute Gasteiger partial charge is 0.305 e. The molecule has 0 spiro atoms. The number of nitrogens with zero attached hydrogens (tertiary/aromatic N) is 4. The lowest BCUT2D eigenvalue weighted by Crippen LogP contribution is -2.42. The second-order valence-corrected chi connectivity index (χ2v) is 6.17. The van der Waals surface area contributed by atoms with E-state index in [0.29, 0.717) is 12.0 Å². The summed E-state index contributed by atoms with van der Waals surface area (Å²) in [5.74, 6) is 0.740. The lowest BCUT2D eigenvalue weighted by molar-refractivity contribution is 0.239. The summed E-state index contributed by atoms with van der Waals surface area (Å²) in [5, 5.41) is 15.4. The van der Waals surface area contributed by atoms with E-state index in [4.69, 9.17) is 0 Å². The monoisotopic (exact) mass is 225 g/mol. The van der Waals surface area contributed by atoms with Gasteiger partial charge in [-0.25, -0.2) is 0 Å². The van der Waals surface area contributed by atoms with Crippen molar-refractivity contribution in [1.29, 1.82) is 0 Å². The fourth-order valence-corrected chi connectivity index (χ4v) is 2.10. The Morgan fingerprint density at radius 2 is 1.81 bits per heavy atom. The van der Waals surface area contributed by atoms with Gasteiger partial charge in [-0.05, 0) is 30.9 Å². The predicted octanol–water partition coefficient (Wildman–Crippen LogP) is 1.51. The summed E-state index contributed by atoms with van der Waals surface area (Å²) < 4.78 is 0. The molecule has 5 heteroatoms. The number of tetrazole rings is 1. The number of aryl methyl sites for hydroxylation is 1. The smallest absolute Gasteiger partial charge is 0.188 e. The minimum absolute atomic E-state index is 0.0808. The molecule has 0 saturated carbocycles. The van der Waals surface area contributed by atoms with Crippen LogP contribution in [0.1, 0.15) is 46.9 Å². The first-order chi connectivity index (χ1) is 7.18. The molecule has 1 aromatic heterocycles. The van der Waals surface area contributed by atoms with E-state index in [2.05, 4.69) is 55.3 Å². The highest BCUT2D eigenvalue weighted by Crippen LogP contribution is 2.26. The summed E-state index contributed by atoms with van der Waals surface area (Å²) in [7, 11) is 1.77. The molecule has 0 aromatic carbocycles. The van der Waals surface area contributed by atoms with Crippen LogP contribution in [0, 0.1) is 5.41 Å². The average molecular weight is 225 g/mol. The van der Waals surface area contributed by atoms with Crippen LogP contribution >= 0.6 is 0 Å². The fraction of sp³-hybridized carbons (Fsp3) is 0.909. The highest BCUT2D eigenvalue weighted by atomic mass is 15.6. The van der Waals surface area contributed by atoms with Crippen LogP contribution in [0.4, 0.5) is 0 Å². The van der Waals surface area contributed by atoms with Gasteiger partial charge >= 0.3 is 0 Å². The molecule has 0 bridgehead atoms. The molecule has 0 aliphatic rings. The summed E-state index contributed by atoms with van der Waals surface area (Å²) >= 11 is 0. The molecule has 1 rings (SSSR count). The van der Waals surface area contributed by atoms with Crippen LogP contribution in [0.5, 0.6) is 0 Å². The van der Waals surface area contributed by atoms with E-state index in [1.807, 2.05) is 0 Å². The van der Waals surface area contributed by atoms with Crippen molar-refractivity contribution < 1.29 is 0 Å². The van der Waals surface area contributed by atoms with E-state index >= 15 is 0 Å². The summed E-state index contributed by atoms with van der Waals surface area (Å²) in [5.41, 5.74) is 0.393. The normalized spacial score (nSPS) is 13.1. The van der Waals surface area contributed by atoms with E-state index in [1.165, 1.54) is 4.80 Å². The van der Waals surface area contributed by atoms with Gasteiger partial charge in [-0.2, -0.15) is 4.80 Å². The topological polar surface area (TPSA) is 55.6 Å². The van der Waals surface area contributed by atoms with E-state index in [-0.39, 0.29) is 5.54 Å². The third kappa shape index (κ3) is 4.70. The Labute approximate surface area is 97.6 Å². The zero-order valence-corrected chi connectivity index (χ0v) is 11.2. The van der Waals surface area contributed by atoms with Gasteiger partial charge in [0.05, 0.1) is 13.6 Å². The zero-order valence-electron chi connectivity index (χ0n) is 11.2. The van der Waals surface area contributed by atoms with Gasteiger partial charge in [0.2, 0.25) is 0 Å². The maximum Gasteiger partial charge on any atom is 0.188 e. The number of hydrogen-bond acceptors (Lipinski definition) is 4. The van der Waals surface area contributed by atoms with Gasteiger partial charge in [0.1, 0.15) is 0 Å². The van der Waals surface area contributed by atoms with Crippen molar-refractivity contribution in [3.63, 3.8) is 0 Å². The molecule has 1 aromatic rings. The Kier molecular flexibility index (Phi) is 3.68. The molecule has 0 atom stereocenters. The molecule has 0 saturated heterocycles. The first kappa shape index (κ1) is 13.1. The molecule has 1 heterocycles. The average Bonchev–Trinajstić information content (AvgIpc) is 2.44. The quantitative estimate of drug-likeness (QED) is 0.844. The lowest BCUT2D eigenvalue weighted by atomic mass is 9.82. The SMILES string of the molecule is Cn1nnc(CNC(C)(C)CC(C)(C)C)n1. The van der Waals surface area contributed by atoms with Gasteiger partial charge in [0.25, 0.3) is 0 Å². The van der Waals surface area contributed by atoms with Crippen LogP contribution in [-0.4, -0.2) is 25.7 Å². The van der Waals surface area contributed by atoms with Crippen molar-refractivity contribution in [1.82, 2.24) is 25.5 Å². The molecule has 5 nitrogen and oxygen atoms in total. The first-order valence-corrected chi connectivity index (χ1v) is 5.66. The third-order valence-electron chi connectivity index (χ3n) is 2.25. The number of hydrogen-bond donors (Lipinski definition) is 1. The van der Waals surface area contributed by atoms with Crippen LogP contribution in [0.3, 0.4) is 0 Å². The predicted molar refractivity (Wildman–Crippen MR) is 63.8 cm³/mol. The maximum atomic E-state index is 4.14. The molecule has 1 N–H and O–H groups in total. The summed E-state index contributed by atoms with van der Waals surface area (Å²) in [4.78, 5) is 1.48.